The van der Waals surface area contributed by atoms with Crippen LogP contribution in [0.2, 0.25) is 0 Å². The SMILES string of the molecule is N#Cc1ccccc1CC1COCCC1S(=O)(=O)NC1CC1. The fraction of sp³-hybridized carbons (Fsp3) is 0.562. The zero-order chi connectivity index (χ0) is 15.6. The molecule has 1 saturated carbocycles. The zero-order valence-corrected chi connectivity index (χ0v) is 13.2. The second kappa shape index (κ2) is 6.37. The van der Waals surface area contributed by atoms with Crippen LogP contribution in [0.4, 0.5) is 0 Å². The summed E-state index contributed by atoms with van der Waals surface area (Å²) in [6.07, 6.45) is 2.94. The number of nitrogens with one attached hydrogen (secondary N) is 1. The van der Waals surface area contributed by atoms with E-state index in [4.69, 9.17) is 4.74 Å². The average molecular weight is 320 g/mol. The van der Waals surface area contributed by atoms with Crippen LogP contribution in [0.5, 0.6) is 0 Å². The molecule has 1 aromatic rings. The van der Waals surface area contributed by atoms with E-state index in [1.165, 1.54) is 0 Å². The number of nitrogens with zero attached hydrogens (tertiary/aromatic N) is 1. The van der Waals surface area contributed by atoms with Crippen molar-refractivity contribution in [2.75, 3.05) is 13.2 Å². The van der Waals surface area contributed by atoms with Gasteiger partial charge in [-0.25, -0.2) is 13.1 Å². The monoisotopic (exact) mass is 320 g/mol. The van der Waals surface area contributed by atoms with Gasteiger partial charge in [-0.05, 0) is 37.3 Å². The molecule has 1 heterocycles. The highest BCUT2D eigenvalue weighted by Gasteiger charge is 2.39. The van der Waals surface area contributed by atoms with Gasteiger partial charge in [-0.3, -0.25) is 0 Å². The van der Waals surface area contributed by atoms with E-state index in [0.29, 0.717) is 31.6 Å². The van der Waals surface area contributed by atoms with Crippen LogP contribution in [0.15, 0.2) is 24.3 Å². The van der Waals surface area contributed by atoms with Gasteiger partial charge in [-0.2, -0.15) is 5.26 Å². The predicted octanol–water partition coefficient (Wildman–Crippen LogP) is 1.59. The average Bonchev–Trinajstić information content (AvgIpc) is 3.31. The van der Waals surface area contributed by atoms with Crippen LogP contribution in [-0.4, -0.2) is 32.9 Å². The van der Waals surface area contributed by atoms with Gasteiger partial charge in [0, 0.05) is 18.6 Å². The third-order valence-electron chi connectivity index (χ3n) is 4.33. The molecule has 2 fully saturated rings. The minimum absolute atomic E-state index is 0.112. The van der Waals surface area contributed by atoms with Crippen LogP contribution in [-0.2, 0) is 21.2 Å². The van der Waals surface area contributed by atoms with Crippen molar-refractivity contribution in [1.29, 1.82) is 5.26 Å². The summed E-state index contributed by atoms with van der Waals surface area (Å²) in [4.78, 5) is 0. The van der Waals surface area contributed by atoms with Gasteiger partial charge >= 0.3 is 0 Å². The van der Waals surface area contributed by atoms with Crippen molar-refractivity contribution < 1.29 is 13.2 Å². The first kappa shape index (κ1) is 15.5. The van der Waals surface area contributed by atoms with E-state index >= 15 is 0 Å². The summed E-state index contributed by atoms with van der Waals surface area (Å²) in [7, 11) is -3.32. The quantitative estimate of drug-likeness (QED) is 0.893. The molecule has 1 saturated heterocycles. The molecule has 0 bridgehead atoms. The first-order chi connectivity index (χ1) is 10.6. The summed E-state index contributed by atoms with van der Waals surface area (Å²) < 4.78 is 33.4. The molecule has 1 aromatic carbocycles. The normalized spacial score (nSPS) is 25.6. The fourth-order valence-corrected chi connectivity index (χ4v) is 4.95. The lowest BCUT2D eigenvalue weighted by molar-refractivity contribution is 0.0570. The number of hydrogen-bond donors (Lipinski definition) is 1. The molecule has 2 unspecified atom stereocenters. The Morgan fingerprint density at radius 1 is 1.27 bits per heavy atom. The standard InChI is InChI=1S/C16H20N2O3S/c17-10-13-4-2-1-3-12(13)9-14-11-21-8-7-16(14)22(19,20)18-15-5-6-15/h1-4,14-16,18H,5-9,11H2. The highest BCUT2D eigenvalue weighted by Crippen LogP contribution is 2.28. The van der Waals surface area contributed by atoms with Crippen molar-refractivity contribution in [3.8, 4) is 6.07 Å². The smallest absolute Gasteiger partial charge is 0.215 e. The zero-order valence-electron chi connectivity index (χ0n) is 12.4. The van der Waals surface area contributed by atoms with Gasteiger partial charge in [-0.15, -0.1) is 0 Å². The molecule has 0 aromatic heterocycles. The van der Waals surface area contributed by atoms with Crippen LogP contribution in [0, 0.1) is 17.2 Å². The number of sulfonamides is 1. The molecule has 2 aliphatic rings. The van der Waals surface area contributed by atoms with Crippen LogP contribution in [0.1, 0.15) is 30.4 Å². The number of rotatable bonds is 5. The van der Waals surface area contributed by atoms with E-state index in [1.54, 1.807) is 6.07 Å². The summed E-state index contributed by atoms with van der Waals surface area (Å²) in [5, 5.41) is 8.75. The molecule has 6 heteroatoms. The van der Waals surface area contributed by atoms with Crippen molar-refractivity contribution in [1.82, 2.24) is 4.72 Å². The predicted molar refractivity (Wildman–Crippen MR) is 82.7 cm³/mol. The van der Waals surface area contributed by atoms with Gasteiger partial charge in [0.15, 0.2) is 0 Å². The topological polar surface area (TPSA) is 79.2 Å². The molecule has 5 nitrogen and oxygen atoms in total. The van der Waals surface area contributed by atoms with Crippen LogP contribution < -0.4 is 4.72 Å². The molecule has 0 amide bonds. The fourth-order valence-electron chi connectivity index (χ4n) is 2.99. The molecule has 1 N–H and O–H groups in total. The Balaban J connectivity index is 1.79. The van der Waals surface area contributed by atoms with Gasteiger partial charge in [0.05, 0.1) is 23.5 Å². The summed E-state index contributed by atoms with van der Waals surface area (Å²) >= 11 is 0. The minimum atomic E-state index is -3.32. The minimum Gasteiger partial charge on any atom is -0.381 e. The first-order valence-corrected chi connectivity index (χ1v) is 9.21. The summed E-state index contributed by atoms with van der Waals surface area (Å²) in [6.45, 7) is 0.905. The lowest BCUT2D eigenvalue weighted by atomic mass is 9.91. The van der Waals surface area contributed by atoms with Gasteiger partial charge in [-0.1, -0.05) is 18.2 Å². The third kappa shape index (κ3) is 3.49. The highest BCUT2D eigenvalue weighted by molar-refractivity contribution is 7.90. The maximum atomic E-state index is 12.6. The number of hydrogen-bond acceptors (Lipinski definition) is 4. The molecule has 2 atom stereocenters. The summed E-state index contributed by atoms with van der Waals surface area (Å²) in [5.74, 6) is -0.112. The van der Waals surface area contributed by atoms with E-state index in [9.17, 15) is 13.7 Å². The first-order valence-electron chi connectivity index (χ1n) is 7.67. The highest BCUT2D eigenvalue weighted by atomic mass is 32.2. The van der Waals surface area contributed by atoms with Gasteiger partial charge in [0.2, 0.25) is 10.0 Å². The third-order valence-corrected chi connectivity index (χ3v) is 6.41. The molecular formula is C16H20N2O3S. The van der Waals surface area contributed by atoms with Crippen molar-refractivity contribution in [3.63, 3.8) is 0 Å². The van der Waals surface area contributed by atoms with E-state index in [1.807, 2.05) is 18.2 Å². The van der Waals surface area contributed by atoms with Gasteiger partial charge < -0.3 is 4.74 Å². The maximum absolute atomic E-state index is 12.6. The van der Waals surface area contributed by atoms with Crippen LogP contribution in [0.3, 0.4) is 0 Å². The van der Waals surface area contributed by atoms with E-state index in [-0.39, 0.29) is 12.0 Å². The summed E-state index contributed by atoms with van der Waals surface area (Å²) in [5.41, 5.74) is 1.51. The van der Waals surface area contributed by atoms with Crippen molar-refractivity contribution in [2.45, 2.75) is 37.0 Å². The Bertz CT molecular complexity index is 677. The Hall–Kier alpha value is -1.42. The molecule has 0 spiro atoms. The van der Waals surface area contributed by atoms with E-state index in [2.05, 4.69) is 10.8 Å². The van der Waals surface area contributed by atoms with E-state index < -0.39 is 15.3 Å². The molecular weight excluding hydrogens is 300 g/mol. The van der Waals surface area contributed by atoms with Gasteiger partial charge in [0.1, 0.15) is 0 Å². The summed E-state index contributed by atoms with van der Waals surface area (Å²) in [6, 6.07) is 9.67. The van der Waals surface area contributed by atoms with Crippen molar-refractivity contribution in [2.24, 2.45) is 5.92 Å². The maximum Gasteiger partial charge on any atom is 0.215 e. The molecule has 1 aliphatic carbocycles. The van der Waals surface area contributed by atoms with Crippen molar-refractivity contribution in [3.05, 3.63) is 35.4 Å². The van der Waals surface area contributed by atoms with Crippen LogP contribution in [0.25, 0.3) is 0 Å². The molecule has 0 radical (unpaired) electrons. The number of benzene rings is 1. The Morgan fingerprint density at radius 2 is 2.05 bits per heavy atom. The second-order valence-corrected chi connectivity index (χ2v) is 8.00. The number of ether oxygens (including phenoxy) is 1. The molecule has 3 rings (SSSR count). The van der Waals surface area contributed by atoms with E-state index in [0.717, 1.165) is 18.4 Å². The number of nitriles is 1. The van der Waals surface area contributed by atoms with Crippen molar-refractivity contribution >= 4 is 10.0 Å². The lowest BCUT2D eigenvalue weighted by Crippen LogP contribution is -2.45. The lowest BCUT2D eigenvalue weighted by Gasteiger charge is -2.31. The largest absolute Gasteiger partial charge is 0.381 e. The Morgan fingerprint density at radius 3 is 2.77 bits per heavy atom. The van der Waals surface area contributed by atoms with Gasteiger partial charge in [0.25, 0.3) is 0 Å². The Kier molecular flexibility index (Phi) is 4.48. The Labute approximate surface area is 131 Å². The molecule has 118 valence electrons. The second-order valence-electron chi connectivity index (χ2n) is 6.07. The van der Waals surface area contributed by atoms with Crippen LogP contribution >= 0.6 is 0 Å². The molecule has 22 heavy (non-hydrogen) atoms. The molecule has 1 aliphatic heterocycles.